The molecule has 0 amide bonds. The highest BCUT2D eigenvalue weighted by Crippen LogP contribution is 2.43. The molecule has 0 aromatic carbocycles. The summed E-state index contributed by atoms with van der Waals surface area (Å²) in [5.41, 5.74) is 0.651. The minimum Gasteiger partial charge on any atom is -0.378 e. The Morgan fingerprint density at radius 1 is 1.20 bits per heavy atom. The van der Waals surface area contributed by atoms with Crippen LogP contribution in [0.1, 0.15) is 57.8 Å². The van der Waals surface area contributed by atoms with Gasteiger partial charge in [0.05, 0.1) is 6.10 Å². The Labute approximate surface area is 102 Å². The standard InChI is InChI=1S/C13H23BrO/c14-11-13(7-1-2-8-13)9-3-5-12-6-4-10-15-12/h12H,1-11H2. The molecule has 2 aliphatic rings. The number of alkyl halides is 1. The van der Waals surface area contributed by atoms with Gasteiger partial charge in [0, 0.05) is 11.9 Å². The van der Waals surface area contributed by atoms with E-state index < -0.39 is 0 Å². The van der Waals surface area contributed by atoms with Gasteiger partial charge in [0.2, 0.25) is 0 Å². The summed E-state index contributed by atoms with van der Waals surface area (Å²) in [6, 6.07) is 0. The van der Waals surface area contributed by atoms with Crippen LogP contribution in [0.5, 0.6) is 0 Å². The molecule has 15 heavy (non-hydrogen) atoms. The molecule has 1 heterocycles. The fraction of sp³-hybridized carbons (Fsp3) is 1.00. The van der Waals surface area contributed by atoms with Gasteiger partial charge < -0.3 is 4.74 Å². The van der Waals surface area contributed by atoms with E-state index in [9.17, 15) is 0 Å². The SMILES string of the molecule is BrCC1(CCCC2CCCO2)CCCC1. The summed E-state index contributed by atoms with van der Waals surface area (Å²) in [5.74, 6) is 0. The Morgan fingerprint density at radius 2 is 2.00 bits per heavy atom. The van der Waals surface area contributed by atoms with Crippen LogP contribution >= 0.6 is 15.9 Å². The largest absolute Gasteiger partial charge is 0.378 e. The van der Waals surface area contributed by atoms with Crippen LogP contribution in [0.4, 0.5) is 0 Å². The number of rotatable bonds is 5. The number of hydrogen-bond acceptors (Lipinski definition) is 1. The fourth-order valence-electron chi connectivity index (χ4n) is 3.15. The summed E-state index contributed by atoms with van der Waals surface area (Å²) in [4.78, 5) is 0. The van der Waals surface area contributed by atoms with E-state index in [1.54, 1.807) is 0 Å². The summed E-state index contributed by atoms with van der Waals surface area (Å²) < 4.78 is 5.67. The summed E-state index contributed by atoms with van der Waals surface area (Å²) in [6.45, 7) is 1.01. The van der Waals surface area contributed by atoms with E-state index in [4.69, 9.17) is 4.74 Å². The van der Waals surface area contributed by atoms with Crippen molar-refractivity contribution in [3.63, 3.8) is 0 Å². The van der Waals surface area contributed by atoms with E-state index >= 15 is 0 Å². The molecule has 0 aromatic heterocycles. The first kappa shape index (κ1) is 11.9. The predicted molar refractivity (Wildman–Crippen MR) is 67.5 cm³/mol. The number of hydrogen-bond donors (Lipinski definition) is 0. The van der Waals surface area contributed by atoms with Gasteiger partial charge in [0.15, 0.2) is 0 Å². The van der Waals surface area contributed by atoms with Crippen molar-refractivity contribution in [1.82, 2.24) is 0 Å². The monoisotopic (exact) mass is 274 g/mol. The van der Waals surface area contributed by atoms with Crippen LogP contribution in [0.15, 0.2) is 0 Å². The van der Waals surface area contributed by atoms with Crippen LogP contribution in [0.25, 0.3) is 0 Å². The van der Waals surface area contributed by atoms with E-state index in [2.05, 4.69) is 15.9 Å². The van der Waals surface area contributed by atoms with Gasteiger partial charge in [0.25, 0.3) is 0 Å². The van der Waals surface area contributed by atoms with Crippen LogP contribution in [0, 0.1) is 5.41 Å². The van der Waals surface area contributed by atoms with Crippen molar-refractivity contribution < 1.29 is 4.74 Å². The Hall–Kier alpha value is 0.440. The summed E-state index contributed by atoms with van der Waals surface area (Å²) >= 11 is 3.72. The Morgan fingerprint density at radius 3 is 2.60 bits per heavy atom. The third-order valence-electron chi connectivity index (χ3n) is 4.20. The highest BCUT2D eigenvalue weighted by atomic mass is 79.9. The maximum absolute atomic E-state index is 5.67. The maximum Gasteiger partial charge on any atom is 0.0576 e. The predicted octanol–water partition coefficient (Wildman–Crippen LogP) is 4.29. The smallest absolute Gasteiger partial charge is 0.0576 e. The number of halogens is 1. The minimum absolute atomic E-state index is 0.596. The van der Waals surface area contributed by atoms with Gasteiger partial charge in [-0.1, -0.05) is 35.2 Å². The van der Waals surface area contributed by atoms with Crippen LogP contribution in [-0.2, 0) is 4.74 Å². The third kappa shape index (κ3) is 3.20. The first-order valence-electron chi connectivity index (χ1n) is 6.52. The lowest BCUT2D eigenvalue weighted by Crippen LogP contribution is -2.19. The lowest BCUT2D eigenvalue weighted by atomic mass is 9.83. The molecule has 1 saturated carbocycles. The second kappa shape index (κ2) is 5.67. The Balaban J connectivity index is 1.67. The van der Waals surface area contributed by atoms with Crippen molar-refractivity contribution in [1.29, 1.82) is 0 Å². The van der Waals surface area contributed by atoms with Gasteiger partial charge in [0.1, 0.15) is 0 Å². The summed E-state index contributed by atoms with van der Waals surface area (Å²) in [6.07, 6.45) is 13.1. The van der Waals surface area contributed by atoms with E-state index in [1.807, 2.05) is 0 Å². The molecular weight excluding hydrogens is 252 g/mol. The zero-order chi connectivity index (χ0) is 10.6. The van der Waals surface area contributed by atoms with Crippen LogP contribution in [0.2, 0.25) is 0 Å². The lowest BCUT2D eigenvalue weighted by molar-refractivity contribution is 0.0985. The van der Waals surface area contributed by atoms with Crippen molar-refractivity contribution >= 4 is 15.9 Å². The molecule has 0 bridgehead atoms. The lowest BCUT2D eigenvalue weighted by Gasteiger charge is -2.26. The molecular formula is C13H23BrO. The van der Waals surface area contributed by atoms with Crippen molar-refractivity contribution in [2.45, 2.75) is 63.9 Å². The van der Waals surface area contributed by atoms with Gasteiger partial charge in [-0.15, -0.1) is 0 Å². The second-order valence-corrected chi connectivity index (χ2v) is 5.93. The highest BCUT2D eigenvalue weighted by molar-refractivity contribution is 9.09. The normalized spacial score (nSPS) is 29.8. The molecule has 0 radical (unpaired) electrons. The molecule has 1 aliphatic carbocycles. The van der Waals surface area contributed by atoms with Crippen LogP contribution in [0.3, 0.4) is 0 Å². The van der Waals surface area contributed by atoms with Gasteiger partial charge in [-0.3, -0.25) is 0 Å². The van der Waals surface area contributed by atoms with Gasteiger partial charge in [-0.05, 0) is 43.9 Å². The topological polar surface area (TPSA) is 9.23 Å². The van der Waals surface area contributed by atoms with Crippen molar-refractivity contribution in [2.75, 3.05) is 11.9 Å². The molecule has 0 aromatic rings. The molecule has 1 aliphatic heterocycles. The first-order valence-corrected chi connectivity index (χ1v) is 7.64. The molecule has 88 valence electrons. The molecule has 1 saturated heterocycles. The van der Waals surface area contributed by atoms with Crippen molar-refractivity contribution in [3.05, 3.63) is 0 Å². The highest BCUT2D eigenvalue weighted by Gasteiger charge is 2.32. The molecule has 2 fully saturated rings. The van der Waals surface area contributed by atoms with Gasteiger partial charge >= 0.3 is 0 Å². The molecule has 1 nitrogen and oxygen atoms in total. The molecule has 1 unspecified atom stereocenters. The van der Waals surface area contributed by atoms with Gasteiger partial charge in [-0.25, -0.2) is 0 Å². The molecule has 2 heteroatoms. The molecule has 1 atom stereocenters. The van der Waals surface area contributed by atoms with E-state index in [0.29, 0.717) is 11.5 Å². The zero-order valence-corrected chi connectivity index (χ0v) is 11.2. The second-order valence-electron chi connectivity index (χ2n) is 5.37. The van der Waals surface area contributed by atoms with Crippen LogP contribution in [-0.4, -0.2) is 18.0 Å². The fourth-order valence-corrected chi connectivity index (χ4v) is 3.99. The average Bonchev–Trinajstić information content (AvgIpc) is 2.89. The average molecular weight is 275 g/mol. The summed E-state index contributed by atoms with van der Waals surface area (Å²) in [7, 11) is 0. The minimum atomic E-state index is 0.596. The van der Waals surface area contributed by atoms with Crippen molar-refractivity contribution in [3.8, 4) is 0 Å². The molecule has 0 spiro atoms. The van der Waals surface area contributed by atoms with Crippen LogP contribution < -0.4 is 0 Å². The number of ether oxygens (including phenoxy) is 1. The van der Waals surface area contributed by atoms with E-state index in [1.165, 1.54) is 63.1 Å². The molecule has 2 rings (SSSR count). The molecule has 0 N–H and O–H groups in total. The zero-order valence-electron chi connectivity index (χ0n) is 9.64. The van der Waals surface area contributed by atoms with E-state index in [-0.39, 0.29) is 0 Å². The quantitative estimate of drug-likeness (QED) is 0.680. The maximum atomic E-state index is 5.67. The van der Waals surface area contributed by atoms with Crippen molar-refractivity contribution in [2.24, 2.45) is 5.41 Å². The summed E-state index contributed by atoms with van der Waals surface area (Å²) in [5, 5.41) is 1.21. The Kier molecular flexibility index (Phi) is 4.51. The van der Waals surface area contributed by atoms with Gasteiger partial charge in [-0.2, -0.15) is 0 Å². The third-order valence-corrected chi connectivity index (χ3v) is 5.39. The first-order chi connectivity index (χ1) is 7.35. The van der Waals surface area contributed by atoms with E-state index in [0.717, 1.165) is 6.61 Å². The Bertz CT molecular complexity index is 181.